The van der Waals surface area contributed by atoms with Gasteiger partial charge < -0.3 is 9.64 Å². The molecule has 0 radical (unpaired) electrons. The molecule has 6 nitrogen and oxygen atoms in total. The first-order chi connectivity index (χ1) is 13.3. The van der Waals surface area contributed by atoms with Crippen LogP contribution in [0.3, 0.4) is 0 Å². The van der Waals surface area contributed by atoms with Crippen molar-refractivity contribution in [1.82, 2.24) is 9.21 Å². The van der Waals surface area contributed by atoms with Gasteiger partial charge in [-0.25, -0.2) is 17.2 Å². The molecule has 1 aliphatic heterocycles. The Hall–Kier alpha value is -1.84. The molecule has 1 amide bonds. The number of rotatable bonds is 9. The van der Waals surface area contributed by atoms with Crippen LogP contribution in [0.5, 0.6) is 0 Å². The van der Waals surface area contributed by atoms with Crippen LogP contribution >= 0.6 is 0 Å². The van der Waals surface area contributed by atoms with Crippen molar-refractivity contribution in [3.63, 3.8) is 0 Å². The highest BCUT2D eigenvalue weighted by molar-refractivity contribution is 7.92. The summed E-state index contributed by atoms with van der Waals surface area (Å²) in [5, 5.41) is 1.16. The zero-order chi connectivity index (χ0) is 20.6. The number of carbonyl (C=O) groups is 1. The van der Waals surface area contributed by atoms with E-state index in [1.807, 2.05) is 18.2 Å². The number of methoxy groups -OCH3 is 1. The first-order valence-corrected chi connectivity index (χ1v) is 10.6. The molecule has 1 aromatic rings. The third-order valence-electron chi connectivity index (χ3n) is 4.63. The molecule has 1 aromatic carbocycles. The lowest BCUT2D eigenvalue weighted by Gasteiger charge is -2.33. The van der Waals surface area contributed by atoms with E-state index in [2.05, 4.69) is 0 Å². The van der Waals surface area contributed by atoms with Gasteiger partial charge >= 0.3 is 0 Å². The summed E-state index contributed by atoms with van der Waals surface area (Å²) in [5.74, 6) is -0.825. The third kappa shape index (κ3) is 6.65. The van der Waals surface area contributed by atoms with Crippen molar-refractivity contribution in [2.45, 2.75) is 19.3 Å². The van der Waals surface area contributed by atoms with Crippen LogP contribution in [-0.2, 0) is 19.6 Å². The normalized spacial score (nSPS) is 16.7. The van der Waals surface area contributed by atoms with Crippen molar-refractivity contribution >= 4 is 22.0 Å². The van der Waals surface area contributed by atoms with E-state index in [1.54, 1.807) is 12.1 Å². The summed E-state index contributed by atoms with van der Waals surface area (Å²) in [4.78, 5) is 13.7. The maximum absolute atomic E-state index is 12.8. The van der Waals surface area contributed by atoms with Gasteiger partial charge in [0.05, 0.1) is 13.2 Å². The maximum Gasteiger partial charge on any atom is 0.255 e. The molecule has 0 aliphatic carbocycles. The highest BCUT2D eigenvalue weighted by atomic mass is 32.2. The summed E-state index contributed by atoms with van der Waals surface area (Å²) < 4.78 is 56.7. The van der Waals surface area contributed by atoms with Crippen molar-refractivity contribution in [2.75, 3.05) is 39.9 Å². The summed E-state index contributed by atoms with van der Waals surface area (Å²) in [7, 11) is -2.15. The van der Waals surface area contributed by atoms with E-state index in [9.17, 15) is 22.0 Å². The van der Waals surface area contributed by atoms with Crippen LogP contribution in [0.2, 0.25) is 0 Å². The van der Waals surface area contributed by atoms with Gasteiger partial charge in [-0.05, 0) is 24.5 Å². The fourth-order valence-corrected chi connectivity index (χ4v) is 4.31. The van der Waals surface area contributed by atoms with Crippen LogP contribution in [0, 0.1) is 5.92 Å². The quantitative estimate of drug-likeness (QED) is 0.620. The minimum Gasteiger partial charge on any atom is -0.383 e. The number of carbonyl (C=O) groups excluding carboxylic acids is 1. The van der Waals surface area contributed by atoms with Crippen molar-refractivity contribution in [3.05, 3.63) is 41.3 Å². The van der Waals surface area contributed by atoms with Gasteiger partial charge in [0.25, 0.3) is 6.43 Å². The molecule has 0 saturated carbocycles. The summed E-state index contributed by atoms with van der Waals surface area (Å²) in [6.07, 6.45) is -0.473. The third-order valence-corrected chi connectivity index (χ3v) is 6.20. The number of piperidine rings is 1. The van der Waals surface area contributed by atoms with Crippen LogP contribution in [0.15, 0.2) is 35.7 Å². The first-order valence-electron chi connectivity index (χ1n) is 9.12. The molecular weight excluding hydrogens is 390 g/mol. The Kier molecular flexibility index (Phi) is 8.53. The number of sulfonamides is 1. The lowest BCUT2D eigenvalue weighted by molar-refractivity contribution is -0.139. The first kappa shape index (κ1) is 22.4. The zero-order valence-corrected chi connectivity index (χ0v) is 16.7. The zero-order valence-electron chi connectivity index (χ0n) is 15.8. The number of benzene rings is 1. The number of ether oxygens (including phenoxy) is 1. The molecule has 0 N–H and O–H groups in total. The van der Waals surface area contributed by atoms with Gasteiger partial charge in [-0.3, -0.25) is 4.79 Å². The minimum atomic E-state index is -3.60. The molecule has 1 saturated heterocycles. The fourth-order valence-electron chi connectivity index (χ4n) is 3.09. The van der Waals surface area contributed by atoms with E-state index >= 15 is 0 Å². The molecule has 1 fully saturated rings. The summed E-state index contributed by atoms with van der Waals surface area (Å²) in [6.45, 7) is 0.00379. The van der Waals surface area contributed by atoms with Crippen molar-refractivity contribution < 1.29 is 26.7 Å². The van der Waals surface area contributed by atoms with Crippen molar-refractivity contribution in [2.24, 2.45) is 5.92 Å². The van der Waals surface area contributed by atoms with Crippen LogP contribution in [0.25, 0.3) is 6.08 Å². The van der Waals surface area contributed by atoms with Gasteiger partial charge in [-0.2, -0.15) is 4.31 Å². The van der Waals surface area contributed by atoms with E-state index in [0.29, 0.717) is 12.8 Å². The van der Waals surface area contributed by atoms with Crippen molar-refractivity contribution in [3.8, 4) is 0 Å². The molecule has 156 valence electrons. The van der Waals surface area contributed by atoms with E-state index in [-0.39, 0.29) is 32.1 Å². The molecule has 1 aliphatic rings. The molecule has 0 spiro atoms. The molecule has 0 unspecified atom stereocenters. The number of halogens is 2. The molecule has 2 rings (SSSR count). The Balaban J connectivity index is 1.94. The van der Waals surface area contributed by atoms with E-state index in [4.69, 9.17) is 4.74 Å². The molecule has 9 heteroatoms. The van der Waals surface area contributed by atoms with Gasteiger partial charge in [0, 0.05) is 38.1 Å². The van der Waals surface area contributed by atoms with E-state index in [0.717, 1.165) is 15.9 Å². The summed E-state index contributed by atoms with van der Waals surface area (Å²) in [5.41, 5.74) is 0.775. The average molecular weight is 416 g/mol. The number of alkyl halides is 2. The summed E-state index contributed by atoms with van der Waals surface area (Å²) in [6, 6.07) is 9.08. The fraction of sp³-hybridized carbons (Fsp3) is 0.526. The lowest BCUT2D eigenvalue weighted by Crippen LogP contribution is -2.46. The Morgan fingerprint density at radius 2 is 1.93 bits per heavy atom. The van der Waals surface area contributed by atoms with Crippen LogP contribution in [0.4, 0.5) is 8.78 Å². The average Bonchev–Trinajstić information content (AvgIpc) is 2.70. The molecule has 28 heavy (non-hydrogen) atoms. The lowest BCUT2D eigenvalue weighted by atomic mass is 9.96. The van der Waals surface area contributed by atoms with Gasteiger partial charge in [-0.15, -0.1) is 0 Å². The van der Waals surface area contributed by atoms with E-state index in [1.165, 1.54) is 17.5 Å². The Morgan fingerprint density at radius 3 is 2.50 bits per heavy atom. The van der Waals surface area contributed by atoms with E-state index < -0.39 is 28.9 Å². The maximum atomic E-state index is 12.8. The highest BCUT2D eigenvalue weighted by Crippen LogP contribution is 2.23. The second-order valence-corrected chi connectivity index (χ2v) is 8.42. The van der Waals surface area contributed by atoms with Crippen LogP contribution in [0.1, 0.15) is 18.4 Å². The second-order valence-electron chi connectivity index (χ2n) is 6.60. The van der Waals surface area contributed by atoms with Gasteiger partial charge in [0.15, 0.2) is 0 Å². The molecule has 0 atom stereocenters. The number of amides is 1. The smallest absolute Gasteiger partial charge is 0.255 e. The Labute approximate surface area is 164 Å². The number of hydrogen-bond acceptors (Lipinski definition) is 4. The molecular formula is C19H26F2N2O4S. The van der Waals surface area contributed by atoms with Crippen LogP contribution in [-0.4, -0.2) is 69.9 Å². The number of hydrogen-bond donors (Lipinski definition) is 0. The predicted molar refractivity (Wildman–Crippen MR) is 103 cm³/mol. The van der Waals surface area contributed by atoms with Gasteiger partial charge in [0.2, 0.25) is 15.9 Å². The molecule has 1 heterocycles. The number of nitrogens with zero attached hydrogens (tertiary/aromatic N) is 2. The van der Waals surface area contributed by atoms with Gasteiger partial charge in [0.1, 0.15) is 0 Å². The Morgan fingerprint density at radius 1 is 1.29 bits per heavy atom. The molecule has 0 bridgehead atoms. The molecule has 0 aromatic heterocycles. The minimum absolute atomic E-state index is 0.0952. The van der Waals surface area contributed by atoms with Crippen LogP contribution < -0.4 is 0 Å². The monoisotopic (exact) mass is 416 g/mol. The second kappa shape index (κ2) is 10.6. The highest BCUT2D eigenvalue weighted by Gasteiger charge is 2.32. The van der Waals surface area contributed by atoms with Gasteiger partial charge in [-0.1, -0.05) is 30.3 Å². The predicted octanol–water partition coefficient (Wildman–Crippen LogP) is 2.44. The SMILES string of the molecule is COCCN(CC(F)F)C(=O)C1CCN(S(=O)(=O)/C=C/c2ccccc2)CC1. The Bertz CT molecular complexity index is 748. The largest absolute Gasteiger partial charge is 0.383 e. The topological polar surface area (TPSA) is 66.9 Å². The summed E-state index contributed by atoms with van der Waals surface area (Å²) >= 11 is 0. The standard InChI is InChI=1S/C19H26F2N2O4S/c1-27-13-12-22(15-18(20)21)19(24)17-7-10-23(11-8-17)28(25,26)14-9-16-5-3-2-4-6-16/h2-6,9,14,17-18H,7-8,10-13,15H2,1H3/b14-9+. The van der Waals surface area contributed by atoms with Crippen molar-refractivity contribution in [1.29, 1.82) is 0 Å².